The topological polar surface area (TPSA) is 75.7 Å². The minimum atomic E-state index is -0.313. The minimum Gasteiger partial charge on any atom is -0.483 e. The molecule has 1 heterocycles. The van der Waals surface area contributed by atoms with Gasteiger partial charge in [-0.3, -0.25) is 19.3 Å². The number of thioether (sulfide) groups is 1. The Balaban J connectivity index is 1.40. The van der Waals surface area contributed by atoms with Crippen molar-refractivity contribution >= 4 is 56.5 Å². The van der Waals surface area contributed by atoms with Crippen LogP contribution in [-0.2, 0) is 16.1 Å². The average molecular weight is 537 g/mol. The molecule has 0 unspecified atom stereocenters. The highest BCUT2D eigenvalue weighted by molar-refractivity contribution is 9.10. The van der Waals surface area contributed by atoms with E-state index in [-0.39, 0.29) is 30.2 Å². The van der Waals surface area contributed by atoms with Crippen LogP contribution in [0.15, 0.2) is 82.2 Å². The van der Waals surface area contributed by atoms with Gasteiger partial charge in [-0.15, -0.1) is 0 Å². The standard InChI is InChI=1S/C26H21BrN2O4S/c1-17-7-5-6-8-19(17)15-29-25(31)23(34-26(29)32)14-18-11-12-22(21(27)13-18)33-16-24(30)28-20-9-3-2-4-10-20/h2-14H,15-16H2,1H3,(H,28,30)/b23-14-. The molecule has 1 aliphatic rings. The molecule has 3 aromatic carbocycles. The van der Waals surface area contributed by atoms with Gasteiger partial charge in [0.1, 0.15) is 5.75 Å². The summed E-state index contributed by atoms with van der Waals surface area (Å²) in [6.07, 6.45) is 1.68. The second-order valence-corrected chi connectivity index (χ2v) is 9.43. The van der Waals surface area contributed by atoms with E-state index in [4.69, 9.17) is 4.74 Å². The molecule has 0 atom stereocenters. The predicted octanol–water partition coefficient (Wildman–Crippen LogP) is 6.01. The molecule has 1 fully saturated rings. The summed E-state index contributed by atoms with van der Waals surface area (Å²) in [5.41, 5.74) is 3.39. The molecule has 172 valence electrons. The molecule has 34 heavy (non-hydrogen) atoms. The van der Waals surface area contributed by atoms with Gasteiger partial charge in [0.25, 0.3) is 17.1 Å². The molecule has 0 radical (unpaired) electrons. The Labute approximate surface area is 210 Å². The highest BCUT2D eigenvalue weighted by Gasteiger charge is 2.35. The van der Waals surface area contributed by atoms with Gasteiger partial charge >= 0.3 is 0 Å². The van der Waals surface area contributed by atoms with Crippen molar-refractivity contribution in [3.63, 3.8) is 0 Å². The number of carbonyl (C=O) groups is 3. The van der Waals surface area contributed by atoms with Crippen molar-refractivity contribution in [1.82, 2.24) is 4.90 Å². The van der Waals surface area contributed by atoms with E-state index in [9.17, 15) is 14.4 Å². The van der Waals surface area contributed by atoms with Gasteiger partial charge in [-0.05, 0) is 81.6 Å². The number of aryl methyl sites for hydroxylation is 1. The molecule has 4 rings (SSSR count). The fraction of sp³-hybridized carbons (Fsp3) is 0.115. The van der Waals surface area contributed by atoms with E-state index in [0.717, 1.165) is 28.5 Å². The number of nitrogens with zero attached hydrogens (tertiary/aromatic N) is 1. The zero-order valence-electron chi connectivity index (χ0n) is 18.3. The molecule has 3 amide bonds. The molecular formula is C26H21BrN2O4S. The van der Waals surface area contributed by atoms with E-state index in [0.29, 0.717) is 20.8 Å². The number of rotatable bonds is 7. The van der Waals surface area contributed by atoms with Crippen molar-refractivity contribution < 1.29 is 19.1 Å². The minimum absolute atomic E-state index is 0.148. The van der Waals surface area contributed by atoms with Crippen molar-refractivity contribution in [2.45, 2.75) is 13.5 Å². The van der Waals surface area contributed by atoms with Crippen LogP contribution in [0.4, 0.5) is 10.5 Å². The second kappa shape index (κ2) is 10.7. The maximum Gasteiger partial charge on any atom is 0.293 e. The maximum absolute atomic E-state index is 12.9. The summed E-state index contributed by atoms with van der Waals surface area (Å²) in [4.78, 5) is 39.0. The zero-order valence-corrected chi connectivity index (χ0v) is 20.7. The normalized spacial score (nSPS) is 14.5. The number of amides is 3. The van der Waals surface area contributed by atoms with Gasteiger partial charge in [0.15, 0.2) is 6.61 Å². The monoisotopic (exact) mass is 536 g/mol. The lowest BCUT2D eigenvalue weighted by atomic mass is 10.1. The van der Waals surface area contributed by atoms with E-state index in [1.165, 1.54) is 4.90 Å². The number of benzene rings is 3. The summed E-state index contributed by atoms with van der Waals surface area (Å²) in [5.74, 6) is -0.0928. The van der Waals surface area contributed by atoms with Gasteiger partial charge in [-0.2, -0.15) is 0 Å². The lowest BCUT2D eigenvalue weighted by Gasteiger charge is -2.14. The van der Waals surface area contributed by atoms with Crippen molar-refractivity contribution in [3.05, 3.63) is 98.9 Å². The van der Waals surface area contributed by atoms with Crippen molar-refractivity contribution in [3.8, 4) is 5.75 Å². The quantitative estimate of drug-likeness (QED) is 0.374. The van der Waals surface area contributed by atoms with Gasteiger partial charge in [0.2, 0.25) is 0 Å². The van der Waals surface area contributed by atoms with Crippen LogP contribution in [0.3, 0.4) is 0 Å². The molecule has 6 nitrogen and oxygen atoms in total. The lowest BCUT2D eigenvalue weighted by Crippen LogP contribution is -2.27. The third-order valence-corrected chi connectivity index (χ3v) is 6.66. The third kappa shape index (κ3) is 5.76. The number of nitrogens with one attached hydrogen (secondary N) is 1. The van der Waals surface area contributed by atoms with Gasteiger partial charge in [-0.25, -0.2) is 0 Å². The molecule has 0 spiro atoms. The number of ether oxygens (including phenoxy) is 1. The molecule has 0 aromatic heterocycles. The van der Waals surface area contributed by atoms with Gasteiger partial charge in [0, 0.05) is 5.69 Å². The zero-order chi connectivity index (χ0) is 24.1. The lowest BCUT2D eigenvalue weighted by molar-refractivity contribution is -0.123. The van der Waals surface area contributed by atoms with Gasteiger partial charge in [-0.1, -0.05) is 48.5 Å². The Hall–Kier alpha value is -3.36. The van der Waals surface area contributed by atoms with Crippen molar-refractivity contribution in [2.75, 3.05) is 11.9 Å². The van der Waals surface area contributed by atoms with Gasteiger partial charge < -0.3 is 10.1 Å². The first-order valence-corrected chi connectivity index (χ1v) is 12.1. The summed E-state index contributed by atoms with van der Waals surface area (Å²) >= 11 is 4.38. The number of para-hydroxylation sites is 1. The Morgan fingerprint density at radius 1 is 1.06 bits per heavy atom. The predicted molar refractivity (Wildman–Crippen MR) is 137 cm³/mol. The Bertz CT molecular complexity index is 1280. The number of imide groups is 1. The summed E-state index contributed by atoms with van der Waals surface area (Å²) in [5, 5.41) is 2.47. The van der Waals surface area contributed by atoms with Crippen LogP contribution in [0.5, 0.6) is 5.75 Å². The molecule has 1 N–H and O–H groups in total. The third-order valence-electron chi connectivity index (χ3n) is 5.13. The van der Waals surface area contributed by atoms with Crippen molar-refractivity contribution in [2.24, 2.45) is 0 Å². The Morgan fingerprint density at radius 2 is 1.79 bits per heavy atom. The van der Waals surface area contributed by atoms with Crippen LogP contribution in [-0.4, -0.2) is 28.6 Å². The molecule has 0 saturated carbocycles. The number of hydrogen-bond acceptors (Lipinski definition) is 5. The summed E-state index contributed by atoms with van der Waals surface area (Å²) in [6, 6.07) is 22.1. The summed E-state index contributed by atoms with van der Waals surface area (Å²) < 4.78 is 6.25. The number of halogens is 1. The van der Waals surface area contributed by atoms with Crippen LogP contribution in [0.2, 0.25) is 0 Å². The first-order chi connectivity index (χ1) is 16.4. The van der Waals surface area contributed by atoms with E-state index >= 15 is 0 Å². The number of anilines is 1. The average Bonchev–Trinajstić information content (AvgIpc) is 3.08. The molecule has 1 saturated heterocycles. The SMILES string of the molecule is Cc1ccccc1CN1C(=O)S/C(=C\c2ccc(OCC(=O)Nc3ccccc3)c(Br)c2)C1=O. The molecule has 0 bridgehead atoms. The largest absolute Gasteiger partial charge is 0.483 e. The van der Waals surface area contributed by atoms with Crippen LogP contribution < -0.4 is 10.1 Å². The van der Waals surface area contributed by atoms with Crippen LogP contribution in [0, 0.1) is 6.92 Å². The van der Waals surface area contributed by atoms with Crippen LogP contribution >= 0.6 is 27.7 Å². The molecular weight excluding hydrogens is 516 g/mol. The van der Waals surface area contributed by atoms with Crippen LogP contribution in [0.1, 0.15) is 16.7 Å². The molecule has 1 aliphatic heterocycles. The van der Waals surface area contributed by atoms with Gasteiger partial charge in [0.05, 0.1) is 15.9 Å². The Kier molecular flexibility index (Phi) is 7.49. The molecule has 3 aromatic rings. The highest BCUT2D eigenvalue weighted by atomic mass is 79.9. The first kappa shape index (κ1) is 23.8. The van der Waals surface area contributed by atoms with E-state index < -0.39 is 0 Å². The van der Waals surface area contributed by atoms with Crippen molar-refractivity contribution in [1.29, 1.82) is 0 Å². The van der Waals surface area contributed by atoms with Crippen LogP contribution in [0.25, 0.3) is 6.08 Å². The number of carbonyl (C=O) groups excluding carboxylic acids is 3. The fourth-order valence-electron chi connectivity index (χ4n) is 3.33. The smallest absolute Gasteiger partial charge is 0.293 e. The molecule has 8 heteroatoms. The highest BCUT2D eigenvalue weighted by Crippen LogP contribution is 2.35. The Morgan fingerprint density at radius 3 is 2.53 bits per heavy atom. The number of hydrogen-bond donors (Lipinski definition) is 1. The second-order valence-electron chi connectivity index (χ2n) is 7.59. The first-order valence-electron chi connectivity index (χ1n) is 10.5. The summed E-state index contributed by atoms with van der Waals surface area (Å²) in [7, 11) is 0. The maximum atomic E-state index is 12.9. The molecule has 0 aliphatic carbocycles. The van der Waals surface area contributed by atoms with E-state index in [1.54, 1.807) is 36.4 Å². The van der Waals surface area contributed by atoms with E-state index in [2.05, 4.69) is 21.2 Å². The summed E-state index contributed by atoms with van der Waals surface area (Å²) in [6.45, 7) is 2.05. The van der Waals surface area contributed by atoms with E-state index in [1.807, 2.05) is 49.4 Å². The fourth-order valence-corrected chi connectivity index (χ4v) is 4.68.